The van der Waals surface area contributed by atoms with Crippen LogP contribution in [0.15, 0.2) is 30.3 Å². The summed E-state index contributed by atoms with van der Waals surface area (Å²) in [5, 5.41) is 0. The molecule has 3 unspecified atom stereocenters. The third-order valence-corrected chi connectivity index (χ3v) is 4.98. The zero-order chi connectivity index (χ0) is 13.1. The topological polar surface area (TPSA) is 12.5 Å². The van der Waals surface area contributed by atoms with E-state index >= 15 is 0 Å². The quantitative estimate of drug-likeness (QED) is 0.850. The van der Waals surface area contributed by atoms with Gasteiger partial charge in [0.1, 0.15) is 0 Å². The summed E-state index contributed by atoms with van der Waals surface area (Å²) < 4.78 is 5.89. The number of nitrogens with zero attached hydrogens (tertiary/aromatic N) is 1. The van der Waals surface area contributed by atoms with Crippen molar-refractivity contribution in [3.05, 3.63) is 35.9 Å². The Hall–Kier alpha value is -0.510. The molecule has 3 atom stereocenters. The molecule has 1 aromatic rings. The Bertz CT molecular complexity index is 397. The molecule has 0 N–H and O–H groups in total. The summed E-state index contributed by atoms with van der Waals surface area (Å²) in [4.78, 5) is 2.65. The fourth-order valence-electron chi connectivity index (χ4n) is 3.51. The molecule has 104 valence electrons. The molecule has 1 aliphatic carbocycles. The summed E-state index contributed by atoms with van der Waals surface area (Å²) >= 11 is 4.57. The van der Waals surface area contributed by atoms with Gasteiger partial charge < -0.3 is 4.74 Å². The Balaban J connectivity index is 1.68. The molecule has 2 nitrogen and oxygen atoms in total. The highest BCUT2D eigenvalue weighted by Gasteiger charge is 2.36. The number of thiol groups is 1. The molecule has 3 heteroatoms. The normalized spacial score (nSPS) is 29.1. The van der Waals surface area contributed by atoms with Gasteiger partial charge in [-0.1, -0.05) is 30.3 Å². The zero-order valence-corrected chi connectivity index (χ0v) is 12.3. The zero-order valence-electron chi connectivity index (χ0n) is 11.4. The Labute approximate surface area is 121 Å². The third-order valence-electron chi connectivity index (χ3n) is 4.54. The molecule has 2 fully saturated rings. The highest BCUT2D eigenvalue weighted by molar-refractivity contribution is 7.80. The molecule has 1 saturated carbocycles. The summed E-state index contributed by atoms with van der Waals surface area (Å²) in [7, 11) is 0. The maximum absolute atomic E-state index is 5.89. The van der Waals surface area contributed by atoms with Gasteiger partial charge in [-0.15, -0.1) is 0 Å². The van der Waals surface area contributed by atoms with Gasteiger partial charge in [-0.3, -0.25) is 4.90 Å². The van der Waals surface area contributed by atoms with Gasteiger partial charge in [-0.25, -0.2) is 0 Å². The van der Waals surface area contributed by atoms with E-state index in [0.717, 1.165) is 25.4 Å². The van der Waals surface area contributed by atoms with Gasteiger partial charge in [-0.2, -0.15) is 12.6 Å². The van der Waals surface area contributed by atoms with Crippen LogP contribution in [0.1, 0.15) is 30.7 Å². The molecule has 19 heavy (non-hydrogen) atoms. The first-order valence-electron chi connectivity index (χ1n) is 7.40. The first-order chi connectivity index (χ1) is 9.38. The summed E-state index contributed by atoms with van der Waals surface area (Å²) in [5.74, 6) is 1.45. The summed E-state index contributed by atoms with van der Waals surface area (Å²) in [6, 6.07) is 11.5. The molecule has 0 bridgehead atoms. The molecule has 3 rings (SSSR count). The van der Waals surface area contributed by atoms with Gasteiger partial charge in [-0.05, 0) is 30.6 Å². The fraction of sp³-hybridized carbons (Fsp3) is 0.625. The third kappa shape index (κ3) is 2.99. The van der Waals surface area contributed by atoms with Gasteiger partial charge in [0, 0.05) is 25.0 Å². The van der Waals surface area contributed by atoms with Gasteiger partial charge in [0.25, 0.3) is 0 Å². The van der Waals surface area contributed by atoms with Crippen LogP contribution in [0.3, 0.4) is 0 Å². The van der Waals surface area contributed by atoms with Crippen molar-refractivity contribution in [1.29, 1.82) is 0 Å². The summed E-state index contributed by atoms with van der Waals surface area (Å²) in [6.07, 6.45) is 4.37. The van der Waals surface area contributed by atoms with Crippen molar-refractivity contribution < 1.29 is 4.74 Å². The van der Waals surface area contributed by atoms with Crippen LogP contribution < -0.4 is 0 Å². The second-order valence-electron chi connectivity index (χ2n) is 5.69. The summed E-state index contributed by atoms with van der Waals surface area (Å²) in [6.45, 7) is 3.10. The van der Waals surface area contributed by atoms with Crippen LogP contribution in [0.5, 0.6) is 0 Å². The smallest absolute Gasteiger partial charge is 0.0730 e. The maximum atomic E-state index is 5.89. The second-order valence-corrected chi connectivity index (χ2v) is 6.06. The van der Waals surface area contributed by atoms with Crippen molar-refractivity contribution in [1.82, 2.24) is 4.90 Å². The van der Waals surface area contributed by atoms with Crippen molar-refractivity contribution in [2.24, 2.45) is 0 Å². The largest absolute Gasteiger partial charge is 0.375 e. The average Bonchev–Trinajstić information content (AvgIpc) is 2.95. The van der Waals surface area contributed by atoms with Crippen LogP contribution in [0.25, 0.3) is 0 Å². The minimum atomic E-state index is 0.491. The lowest BCUT2D eigenvalue weighted by atomic mass is 9.99. The van der Waals surface area contributed by atoms with E-state index in [1.54, 1.807) is 0 Å². The minimum absolute atomic E-state index is 0.491. The van der Waals surface area contributed by atoms with E-state index in [-0.39, 0.29) is 0 Å². The Morgan fingerprint density at radius 3 is 2.89 bits per heavy atom. The lowest BCUT2D eigenvalue weighted by Gasteiger charge is -2.39. The van der Waals surface area contributed by atoms with Gasteiger partial charge in [0.15, 0.2) is 0 Å². The number of morpholine rings is 1. The van der Waals surface area contributed by atoms with E-state index < -0.39 is 0 Å². The van der Waals surface area contributed by atoms with E-state index in [9.17, 15) is 0 Å². The van der Waals surface area contributed by atoms with E-state index in [1.165, 1.54) is 24.8 Å². The molecule has 1 aliphatic heterocycles. The predicted octanol–water partition coefficient (Wildman–Crippen LogP) is 2.95. The first kappa shape index (κ1) is 13.5. The van der Waals surface area contributed by atoms with E-state index in [2.05, 4.69) is 47.9 Å². The molecule has 0 amide bonds. The predicted molar refractivity (Wildman–Crippen MR) is 82.0 cm³/mol. The van der Waals surface area contributed by atoms with Crippen LogP contribution in [0.2, 0.25) is 0 Å². The average molecular weight is 277 g/mol. The van der Waals surface area contributed by atoms with E-state index in [1.807, 2.05) is 0 Å². The number of hydrogen-bond donors (Lipinski definition) is 1. The number of rotatable bonds is 4. The fourth-order valence-corrected chi connectivity index (χ4v) is 3.84. The molecular weight excluding hydrogens is 254 g/mol. The van der Waals surface area contributed by atoms with Gasteiger partial charge in [0.2, 0.25) is 0 Å². The van der Waals surface area contributed by atoms with Crippen molar-refractivity contribution >= 4 is 12.6 Å². The van der Waals surface area contributed by atoms with Crippen molar-refractivity contribution in [3.8, 4) is 0 Å². The minimum Gasteiger partial charge on any atom is -0.375 e. The van der Waals surface area contributed by atoms with Crippen LogP contribution in [-0.2, 0) is 4.74 Å². The lowest BCUT2D eigenvalue weighted by molar-refractivity contribution is -0.0567. The highest BCUT2D eigenvalue weighted by Crippen LogP contribution is 2.31. The van der Waals surface area contributed by atoms with Crippen LogP contribution in [0, 0.1) is 0 Å². The molecule has 1 heterocycles. The standard InChI is InChI=1S/C16H23NOS/c19-12-14(13-5-2-1-3-6-13)11-17-9-10-18-16-8-4-7-15(16)17/h1-3,5-6,14-16,19H,4,7-12H2. The van der Waals surface area contributed by atoms with Crippen molar-refractivity contribution in [2.45, 2.75) is 37.3 Å². The molecule has 0 aromatic heterocycles. The Morgan fingerprint density at radius 1 is 1.26 bits per heavy atom. The monoisotopic (exact) mass is 277 g/mol. The molecular formula is C16H23NOS. The Kier molecular flexibility index (Phi) is 4.46. The number of hydrogen-bond acceptors (Lipinski definition) is 3. The molecule has 1 saturated heterocycles. The van der Waals surface area contributed by atoms with Gasteiger partial charge in [0.05, 0.1) is 12.7 Å². The van der Waals surface area contributed by atoms with Gasteiger partial charge >= 0.3 is 0 Å². The van der Waals surface area contributed by atoms with Crippen LogP contribution >= 0.6 is 12.6 Å². The molecule has 0 radical (unpaired) electrons. The number of ether oxygens (including phenoxy) is 1. The Morgan fingerprint density at radius 2 is 2.11 bits per heavy atom. The molecule has 0 spiro atoms. The SMILES string of the molecule is SCC(CN1CCOC2CCCC21)c1ccccc1. The second kappa shape index (κ2) is 6.29. The molecule has 1 aromatic carbocycles. The van der Waals surface area contributed by atoms with Crippen molar-refractivity contribution in [2.75, 3.05) is 25.4 Å². The summed E-state index contributed by atoms with van der Waals surface area (Å²) in [5.41, 5.74) is 1.42. The van der Waals surface area contributed by atoms with Crippen LogP contribution in [-0.4, -0.2) is 42.5 Å². The number of fused-ring (bicyclic) bond motifs is 1. The van der Waals surface area contributed by atoms with Crippen molar-refractivity contribution in [3.63, 3.8) is 0 Å². The highest BCUT2D eigenvalue weighted by atomic mass is 32.1. The lowest BCUT2D eigenvalue weighted by Crippen LogP contribution is -2.49. The molecule has 2 aliphatic rings. The van der Waals surface area contributed by atoms with E-state index in [0.29, 0.717) is 18.1 Å². The number of benzene rings is 1. The van der Waals surface area contributed by atoms with E-state index in [4.69, 9.17) is 4.74 Å². The first-order valence-corrected chi connectivity index (χ1v) is 8.03. The maximum Gasteiger partial charge on any atom is 0.0730 e. The van der Waals surface area contributed by atoms with Crippen LogP contribution in [0.4, 0.5) is 0 Å².